The Morgan fingerprint density at radius 3 is 2.32 bits per heavy atom. The maximum Gasteiger partial charge on any atom is 0.416 e. The van der Waals surface area contributed by atoms with Gasteiger partial charge in [0.15, 0.2) is 0 Å². The molecule has 0 bridgehead atoms. The Morgan fingerprint density at radius 1 is 0.840 bits per heavy atom. The predicted molar refractivity (Wildman–Crippen MR) is 100 cm³/mol. The first-order valence-electron chi connectivity index (χ1n) is 7.57. The second-order valence-corrected chi connectivity index (χ2v) is 6.66. The second kappa shape index (κ2) is 7.47. The van der Waals surface area contributed by atoms with Gasteiger partial charge in [0, 0.05) is 3.57 Å². The highest BCUT2D eigenvalue weighted by Gasteiger charge is 2.31. The van der Waals surface area contributed by atoms with E-state index in [1.165, 1.54) is 12.1 Å². The van der Waals surface area contributed by atoms with Gasteiger partial charge in [0.1, 0.15) is 12.4 Å². The molecule has 0 fully saturated rings. The fourth-order valence-electron chi connectivity index (χ4n) is 2.42. The molecule has 3 rings (SSSR count). The molecule has 1 nitrogen and oxygen atoms in total. The molecule has 0 spiro atoms. The van der Waals surface area contributed by atoms with E-state index in [1.54, 1.807) is 24.3 Å². The summed E-state index contributed by atoms with van der Waals surface area (Å²) in [6, 6.07) is 20.6. The van der Waals surface area contributed by atoms with Crippen molar-refractivity contribution in [1.29, 1.82) is 0 Å². The van der Waals surface area contributed by atoms with E-state index in [-0.39, 0.29) is 0 Å². The third kappa shape index (κ3) is 4.54. The van der Waals surface area contributed by atoms with Crippen LogP contribution in [-0.2, 0) is 12.8 Å². The fourth-order valence-corrected chi connectivity index (χ4v) is 3.06. The van der Waals surface area contributed by atoms with Crippen molar-refractivity contribution in [2.75, 3.05) is 0 Å². The van der Waals surface area contributed by atoms with Gasteiger partial charge in [0.2, 0.25) is 0 Å². The summed E-state index contributed by atoms with van der Waals surface area (Å²) >= 11 is 2.04. The first kappa shape index (κ1) is 17.8. The summed E-state index contributed by atoms with van der Waals surface area (Å²) < 4.78 is 45.5. The van der Waals surface area contributed by atoms with Crippen LogP contribution in [0, 0.1) is 3.57 Å². The molecule has 0 radical (unpaired) electrons. The number of hydrogen-bond acceptors (Lipinski definition) is 1. The van der Waals surface area contributed by atoms with E-state index >= 15 is 0 Å². The molecule has 128 valence electrons. The highest BCUT2D eigenvalue weighted by molar-refractivity contribution is 14.1. The summed E-state index contributed by atoms with van der Waals surface area (Å²) in [5.74, 6) is 0.620. The average molecular weight is 454 g/mol. The van der Waals surface area contributed by atoms with Crippen LogP contribution in [0.1, 0.15) is 11.1 Å². The Balaban J connectivity index is 1.86. The quantitative estimate of drug-likeness (QED) is 0.406. The average Bonchev–Trinajstić information content (AvgIpc) is 2.60. The minimum absolute atomic E-state index is 0.407. The maximum atomic E-state index is 13.0. The highest BCUT2D eigenvalue weighted by atomic mass is 127. The Hall–Kier alpha value is -2.02. The van der Waals surface area contributed by atoms with Crippen molar-refractivity contribution < 1.29 is 17.9 Å². The minimum atomic E-state index is -4.36. The molecule has 0 aliphatic rings. The van der Waals surface area contributed by atoms with Crippen LogP contribution in [-0.4, -0.2) is 0 Å². The van der Waals surface area contributed by atoms with E-state index in [9.17, 15) is 13.2 Å². The first-order chi connectivity index (χ1) is 11.9. The van der Waals surface area contributed by atoms with Gasteiger partial charge in [-0.2, -0.15) is 13.2 Å². The fraction of sp³-hybridized carbons (Fsp3) is 0.100. The van der Waals surface area contributed by atoms with Crippen molar-refractivity contribution >= 4 is 22.6 Å². The molecule has 0 saturated carbocycles. The molecule has 0 atom stereocenters. The Labute approximate surface area is 157 Å². The number of ether oxygens (including phenoxy) is 1. The number of hydrogen-bond donors (Lipinski definition) is 0. The Morgan fingerprint density at radius 2 is 1.60 bits per heavy atom. The lowest BCUT2D eigenvalue weighted by Gasteiger charge is -2.12. The zero-order valence-electron chi connectivity index (χ0n) is 13.1. The number of halogens is 4. The van der Waals surface area contributed by atoms with Gasteiger partial charge >= 0.3 is 6.18 Å². The summed E-state index contributed by atoms with van der Waals surface area (Å²) in [7, 11) is 0. The molecule has 0 unspecified atom stereocenters. The van der Waals surface area contributed by atoms with Crippen LogP contribution in [0.2, 0.25) is 0 Å². The van der Waals surface area contributed by atoms with Gasteiger partial charge in [-0.1, -0.05) is 42.5 Å². The van der Waals surface area contributed by atoms with Gasteiger partial charge in [-0.3, -0.25) is 0 Å². The molecule has 3 aromatic carbocycles. The zero-order valence-corrected chi connectivity index (χ0v) is 15.2. The monoisotopic (exact) mass is 454 g/mol. The Kier molecular flexibility index (Phi) is 5.32. The van der Waals surface area contributed by atoms with E-state index in [2.05, 4.69) is 0 Å². The lowest BCUT2D eigenvalue weighted by atomic mass is 10.0. The van der Waals surface area contributed by atoms with Gasteiger partial charge in [0.05, 0.1) is 5.56 Å². The zero-order chi connectivity index (χ0) is 17.9. The van der Waals surface area contributed by atoms with Gasteiger partial charge in [-0.05, 0) is 69.6 Å². The van der Waals surface area contributed by atoms with E-state index in [1.807, 2.05) is 52.9 Å². The summed E-state index contributed by atoms with van der Waals surface area (Å²) in [5, 5.41) is 0. The number of rotatable bonds is 4. The molecular formula is C20H14F3IO. The van der Waals surface area contributed by atoms with Crippen LogP contribution in [0.15, 0.2) is 72.8 Å². The van der Waals surface area contributed by atoms with Gasteiger partial charge in [-0.15, -0.1) is 0 Å². The van der Waals surface area contributed by atoms with E-state index < -0.39 is 11.7 Å². The summed E-state index contributed by atoms with van der Waals surface area (Å²) in [6.45, 7) is 0.407. The smallest absolute Gasteiger partial charge is 0.416 e. The van der Waals surface area contributed by atoms with Crippen molar-refractivity contribution in [2.24, 2.45) is 0 Å². The third-order valence-electron chi connectivity index (χ3n) is 3.69. The molecule has 0 saturated heterocycles. The third-order valence-corrected chi connectivity index (χ3v) is 4.63. The molecule has 0 aliphatic heterocycles. The van der Waals surface area contributed by atoms with Gasteiger partial charge in [-0.25, -0.2) is 0 Å². The van der Waals surface area contributed by atoms with Crippen LogP contribution in [0.4, 0.5) is 13.2 Å². The van der Waals surface area contributed by atoms with Crippen molar-refractivity contribution in [1.82, 2.24) is 0 Å². The van der Waals surface area contributed by atoms with Crippen LogP contribution >= 0.6 is 22.6 Å². The Bertz CT molecular complexity index is 860. The van der Waals surface area contributed by atoms with E-state index in [4.69, 9.17) is 4.74 Å². The molecule has 0 amide bonds. The van der Waals surface area contributed by atoms with Gasteiger partial charge in [0.25, 0.3) is 0 Å². The molecule has 5 heteroatoms. The summed E-state index contributed by atoms with van der Waals surface area (Å²) in [4.78, 5) is 0. The minimum Gasteiger partial charge on any atom is -0.489 e. The lowest BCUT2D eigenvalue weighted by Crippen LogP contribution is -2.05. The molecule has 0 aliphatic carbocycles. The standard InChI is InChI=1S/C20H14F3IO/c21-20(22,23)16-9-10-19(24)18(12-16)15-7-4-8-17(11-15)25-13-14-5-2-1-3-6-14/h1-12H,13H2. The lowest BCUT2D eigenvalue weighted by molar-refractivity contribution is -0.137. The van der Waals surface area contributed by atoms with E-state index in [0.29, 0.717) is 23.5 Å². The van der Waals surface area contributed by atoms with E-state index in [0.717, 1.165) is 15.2 Å². The van der Waals surface area contributed by atoms with Crippen LogP contribution in [0.5, 0.6) is 5.75 Å². The van der Waals surface area contributed by atoms with Gasteiger partial charge < -0.3 is 4.74 Å². The van der Waals surface area contributed by atoms with Crippen molar-refractivity contribution in [3.05, 3.63) is 87.5 Å². The molecular weight excluding hydrogens is 440 g/mol. The molecule has 0 aromatic heterocycles. The van der Waals surface area contributed by atoms with Crippen molar-refractivity contribution in [2.45, 2.75) is 12.8 Å². The summed E-state index contributed by atoms with van der Waals surface area (Å²) in [6.07, 6.45) is -4.36. The number of alkyl halides is 3. The second-order valence-electron chi connectivity index (χ2n) is 5.49. The largest absolute Gasteiger partial charge is 0.489 e. The van der Waals surface area contributed by atoms with Crippen molar-refractivity contribution in [3.8, 4) is 16.9 Å². The highest BCUT2D eigenvalue weighted by Crippen LogP contribution is 2.35. The predicted octanol–water partition coefficient (Wildman–Crippen LogP) is 6.56. The SMILES string of the molecule is FC(F)(F)c1ccc(I)c(-c2cccc(OCc3ccccc3)c2)c1. The summed E-state index contributed by atoms with van der Waals surface area (Å²) in [5.41, 5.74) is 1.61. The maximum absolute atomic E-state index is 13.0. The van der Waals surface area contributed by atoms with Crippen LogP contribution < -0.4 is 4.74 Å². The van der Waals surface area contributed by atoms with Crippen LogP contribution in [0.3, 0.4) is 0 Å². The molecule has 0 heterocycles. The van der Waals surface area contributed by atoms with Crippen LogP contribution in [0.25, 0.3) is 11.1 Å². The molecule has 3 aromatic rings. The molecule has 0 N–H and O–H groups in total. The van der Waals surface area contributed by atoms with Crippen molar-refractivity contribution in [3.63, 3.8) is 0 Å². The normalized spacial score (nSPS) is 11.4. The first-order valence-corrected chi connectivity index (χ1v) is 8.65. The topological polar surface area (TPSA) is 9.23 Å². The number of benzene rings is 3. The molecule has 25 heavy (non-hydrogen) atoms.